The maximum Gasteiger partial charge on any atom is 0.501 e. The quantitative estimate of drug-likeness (QED) is 0.596. The topological polar surface area (TPSA) is 53.7 Å². The first-order valence-electron chi connectivity index (χ1n) is 5.69. The van der Waals surface area contributed by atoms with E-state index in [4.69, 9.17) is 19.0 Å². The minimum Gasteiger partial charge on any atom is -0.377 e. The van der Waals surface area contributed by atoms with Crippen LogP contribution in [-0.4, -0.2) is 29.3 Å². The van der Waals surface area contributed by atoms with E-state index in [9.17, 15) is 0 Å². The fraction of sp³-hybridized carbons (Fsp3) is 0.500. The van der Waals surface area contributed by atoms with E-state index < -0.39 is 8.80 Å². The van der Waals surface area contributed by atoms with E-state index in [1.807, 2.05) is 18.2 Å². The molecule has 0 radical (unpaired) electrons. The molecular weight excluding hydrogens is 234 g/mol. The van der Waals surface area contributed by atoms with Gasteiger partial charge < -0.3 is 19.0 Å². The van der Waals surface area contributed by atoms with Gasteiger partial charge in [0.1, 0.15) is 0 Å². The van der Waals surface area contributed by atoms with Gasteiger partial charge in [-0.05, 0) is 18.9 Å². The molecule has 0 bridgehead atoms. The number of benzene rings is 1. The molecule has 1 rings (SSSR count). The number of rotatable bonds is 7. The van der Waals surface area contributed by atoms with Gasteiger partial charge in [-0.15, -0.1) is 0 Å². The molecule has 0 aliphatic rings. The van der Waals surface area contributed by atoms with Crippen molar-refractivity contribution in [1.82, 2.24) is 0 Å². The summed E-state index contributed by atoms with van der Waals surface area (Å²) in [6.07, 6.45) is 0.485. The lowest BCUT2D eigenvalue weighted by atomic mass is 10.2. The largest absolute Gasteiger partial charge is 0.501 e. The Bertz CT molecular complexity index is 315. The number of aryl methyl sites for hydroxylation is 1. The molecule has 1 aromatic carbocycles. The molecule has 96 valence electrons. The Kier molecular flexibility index (Phi) is 5.80. The first-order valence-corrected chi connectivity index (χ1v) is 7.62. The molecule has 0 heterocycles. The second-order valence-electron chi connectivity index (χ2n) is 3.90. The fourth-order valence-corrected chi connectivity index (χ4v) is 3.71. The van der Waals surface area contributed by atoms with E-state index in [1.54, 1.807) is 21.1 Å². The van der Waals surface area contributed by atoms with Gasteiger partial charge in [0.2, 0.25) is 0 Å². The molecule has 2 N–H and O–H groups in total. The zero-order chi connectivity index (χ0) is 12.7. The molecule has 1 unspecified atom stereocenters. The third-order valence-electron chi connectivity index (χ3n) is 2.55. The zero-order valence-electron chi connectivity index (χ0n) is 10.7. The summed E-state index contributed by atoms with van der Waals surface area (Å²) in [5.74, 6) is 0. The van der Waals surface area contributed by atoms with E-state index >= 15 is 0 Å². The smallest absolute Gasteiger partial charge is 0.377 e. The lowest BCUT2D eigenvalue weighted by Crippen LogP contribution is -2.48. The Morgan fingerprint density at radius 3 is 2.24 bits per heavy atom. The number of nitrogens with two attached hydrogens (primary N) is 1. The predicted octanol–water partition coefficient (Wildman–Crippen LogP) is 1.78. The maximum absolute atomic E-state index is 5.65. The van der Waals surface area contributed by atoms with E-state index in [0.29, 0.717) is 0 Å². The summed E-state index contributed by atoms with van der Waals surface area (Å²) in [6, 6.07) is 10.9. The van der Waals surface area contributed by atoms with Crippen LogP contribution in [0.15, 0.2) is 30.3 Å². The van der Waals surface area contributed by atoms with Crippen molar-refractivity contribution in [1.29, 1.82) is 0 Å². The Labute approximate surface area is 104 Å². The van der Waals surface area contributed by atoms with Crippen molar-refractivity contribution in [2.24, 2.45) is 5.73 Å². The van der Waals surface area contributed by atoms with Gasteiger partial charge in [0, 0.05) is 20.3 Å². The number of hydrogen-bond donors (Lipinski definition) is 1. The molecule has 5 heteroatoms. The Hall–Kier alpha value is -0.723. The molecule has 1 aromatic rings. The molecule has 0 amide bonds. The summed E-state index contributed by atoms with van der Waals surface area (Å²) in [5.41, 5.74) is 6.89. The van der Waals surface area contributed by atoms with Crippen molar-refractivity contribution in [3.63, 3.8) is 0 Å². The van der Waals surface area contributed by atoms with Crippen LogP contribution in [0.3, 0.4) is 0 Å². The highest BCUT2D eigenvalue weighted by Gasteiger charge is 2.39. The minimum absolute atomic E-state index is 0.377. The lowest BCUT2D eigenvalue weighted by molar-refractivity contribution is 0.0654. The van der Waals surface area contributed by atoms with Crippen molar-refractivity contribution in [2.45, 2.75) is 25.6 Å². The van der Waals surface area contributed by atoms with E-state index in [-0.39, 0.29) is 6.23 Å². The highest BCUT2D eigenvalue weighted by molar-refractivity contribution is 6.60. The van der Waals surface area contributed by atoms with Gasteiger partial charge in [-0.2, -0.15) is 0 Å². The predicted molar refractivity (Wildman–Crippen MR) is 69.5 cm³/mol. The van der Waals surface area contributed by atoms with Crippen LogP contribution in [0.4, 0.5) is 0 Å². The van der Waals surface area contributed by atoms with Gasteiger partial charge in [-0.3, -0.25) is 0 Å². The van der Waals surface area contributed by atoms with Gasteiger partial charge in [-0.25, -0.2) is 0 Å². The summed E-state index contributed by atoms with van der Waals surface area (Å²) in [5, 5.41) is 0. The van der Waals surface area contributed by atoms with Gasteiger partial charge in [0.05, 0.1) is 6.23 Å². The summed E-state index contributed by atoms with van der Waals surface area (Å²) < 4.78 is 16.5. The van der Waals surface area contributed by atoms with Crippen LogP contribution in [0.25, 0.3) is 0 Å². The third kappa shape index (κ3) is 4.57. The lowest BCUT2D eigenvalue weighted by Gasteiger charge is -2.28. The summed E-state index contributed by atoms with van der Waals surface area (Å²) in [4.78, 5) is 0. The first-order chi connectivity index (χ1) is 8.12. The van der Waals surface area contributed by atoms with Crippen molar-refractivity contribution >= 4 is 8.80 Å². The third-order valence-corrected chi connectivity index (χ3v) is 5.39. The molecule has 0 aliphatic heterocycles. The van der Waals surface area contributed by atoms with Gasteiger partial charge >= 0.3 is 8.80 Å². The van der Waals surface area contributed by atoms with Crippen LogP contribution in [0, 0.1) is 0 Å². The van der Waals surface area contributed by atoms with Gasteiger partial charge in [0.15, 0.2) is 0 Å². The average Bonchev–Trinajstić information content (AvgIpc) is 2.35. The van der Waals surface area contributed by atoms with Crippen LogP contribution in [0.2, 0.25) is 6.04 Å². The molecule has 0 aromatic heterocycles. The molecule has 17 heavy (non-hydrogen) atoms. The Morgan fingerprint density at radius 1 is 1.18 bits per heavy atom. The first kappa shape index (κ1) is 14.3. The van der Waals surface area contributed by atoms with E-state index in [2.05, 4.69) is 12.1 Å². The summed E-state index contributed by atoms with van der Waals surface area (Å²) in [6.45, 7) is 1.78. The zero-order valence-corrected chi connectivity index (χ0v) is 11.7. The van der Waals surface area contributed by atoms with Crippen molar-refractivity contribution in [3.05, 3.63) is 35.9 Å². The van der Waals surface area contributed by atoms with Crippen LogP contribution >= 0.6 is 0 Å². The second kappa shape index (κ2) is 6.88. The fourth-order valence-electron chi connectivity index (χ4n) is 1.67. The molecule has 0 spiro atoms. The summed E-state index contributed by atoms with van der Waals surface area (Å²) in [7, 11) is 0.614. The minimum atomic E-state index is -2.61. The van der Waals surface area contributed by atoms with Crippen LogP contribution in [-0.2, 0) is 19.7 Å². The SMILES string of the molecule is CO[Si](CCc1ccccc1)(OC)OC(C)N. The molecule has 0 saturated heterocycles. The second-order valence-corrected chi connectivity index (χ2v) is 6.82. The Morgan fingerprint density at radius 2 is 1.76 bits per heavy atom. The molecule has 1 atom stereocenters. The van der Waals surface area contributed by atoms with Gasteiger partial charge in [-0.1, -0.05) is 30.3 Å². The highest BCUT2D eigenvalue weighted by atomic mass is 28.4. The van der Waals surface area contributed by atoms with E-state index in [1.165, 1.54) is 5.56 Å². The molecule has 0 saturated carbocycles. The van der Waals surface area contributed by atoms with Crippen LogP contribution in [0.1, 0.15) is 12.5 Å². The monoisotopic (exact) mass is 255 g/mol. The normalized spacial score (nSPS) is 13.6. The molecular formula is C12H21NO3Si. The van der Waals surface area contributed by atoms with Crippen LogP contribution in [0.5, 0.6) is 0 Å². The molecule has 0 fully saturated rings. The van der Waals surface area contributed by atoms with Crippen LogP contribution < -0.4 is 5.73 Å². The summed E-state index contributed by atoms with van der Waals surface area (Å²) >= 11 is 0. The van der Waals surface area contributed by atoms with Gasteiger partial charge in [0.25, 0.3) is 0 Å². The molecule has 4 nitrogen and oxygen atoms in total. The van der Waals surface area contributed by atoms with Crippen molar-refractivity contribution in [3.8, 4) is 0 Å². The number of hydrogen-bond acceptors (Lipinski definition) is 4. The van der Waals surface area contributed by atoms with E-state index in [0.717, 1.165) is 12.5 Å². The Balaban J connectivity index is 2.61. The standard InChI is InChI=1S/C12H21NO3Si/c1-11(13)16-17(14-2,15-3)10-9-12-7-5-4-6-8-12/h4-8,11H,9-10,13H2,1-3H3. The van der Waals surface area contributed by atoms with Crippen molar-refractivity contribution in [2.75, 3.05) is 14.2 Å². The van der Waals surface area contributed by atoms with Crippen molar-refractivity contribution < 1.29 is 13.3 Å². The highest BCUT2D eigenvalue weighted by Crippen LogP contribution is 2.18. The average molecular weight is 255 g/mol. The molecule has 0 aliphatic carbocycles. The maximum atomic E-state index is 5.65.